The maximum absolute atomic E-state index is 12.4. The maximum atomic E-state index is 12.4. The van der Waals surface area contributed by atoms with E-state index in [9.17, 15) is 4.79 Å². The zero-order valence-electron chi connectivity index (χ0n) is 12.7. The van der Waals surface area contributed by atoms with Gasteiger partial charge >= 0.3 is 5.97 Å². The van der Waals surface area contributed by atoms with Crippen molar-refractivity contribution < 1.29 is 9.53 Å². The highest BCUT2D eigenvalue weighted by molar-refractivity contribution is 6.07. The van der Waals surface area contributed by atoms with Crippen LogP contribution in [0, 0.1) is 0 Å². The molecule has 0 saturated carbocycles. The number of fused-ring (bicyclic) bond motifs is 1. The molecule has 0 fully saturated rings. The molecule has 0 aliphatic carbocycles. The van der Waals surface area contributed by atoms with Crippen molar-refractivity contribution in [2.24, 2.45) is 0 Å². The van der Waals surface area contributed by atoms with Crippen LogP contribution < -0.4 is 0 Å². The van der Waals surface area contributed by atoms with Gasteiger partial charge in [0.25, 0.3) is 0 Å². The molecule has 0 spiro atoms. The molecule has 0 unspecified atom stereocenters. The van der Waals surface area contributed by atoms with Crippen molar-refractivity contribution in [3.05, 3.63) is 65.9 Å². The summed E-state index contributed by atoms with van der Waals surface area (Å²) < 4.78 is 5.01. The second kappa shape index (κ2) is 5.98. The summed E-state index contributed by atoms with van der Waals surface area (Å²) in [5, 5.41) is 0.964. The number of aromatic nitrogens is 1. The average Bonchev–Trinajstić information content (AvgIpc) is 2.60. The Bertz CT molecular complexity index is 825. The molecule has 3 heteroatoms. The van der Waals surface area contributed by atoms with E-state index in [0.717, 1.165) is 27.7 Å². The van der Waals surface area contributed by atoms with Crippen molar-refractivity contribution in [2.45, 2.75) is 13.3 Å². The van der Waals surface area contributed by atoms with Gasteiger partial charge in [-0.05, 0) is 18.1 Å². The van der Waals surface area contributed by atoms with Gasteiger partial charge in [-0.1, -0.05) is 55.5 Å². The first kappa shape index (κ1) is 14.3. The van der Waals surface area contributed by atoms with Crippen LogP contribution in [0.4, 0.5) is 0 Å². The summed E-state index contributed by atoms with van der Waals surface area (Å²) in [6.07, 6.45) is 0.676. The largest absolute Gasteiger partial charge is 0.465 e. The SMILES string of the molecule is CCc1nc2ccccc2c(-c2ccccc2)c1C(=O)OC. The van der Waals surface area contributed by atoms with Gasteiger partial charge in [0.15, 0.2) is 0 Å². The number of esters is 1. The number of pyridine rings is 1. The lowest BCUT2D eigenvalue weighted by molar-refractivity contribution is 0.0600. The number of methoxy groups -OCH3 is 1. The number of aryl methyl sites for hydroxylation is 1. The number of carbonyl (C=O) groups excluding carboxylic acids is 1. The molecule has 1 aromatic heterocycles. The van der Waals surface area contributed by atoms with Crippen LogP contribution in [0.3, 0.4) is 0 Å². The van der Waals surface area contributed by atoms with E-state index in [1.807, 2.05) is 61.5 Å². The summed E-state index contributed by atoms with van der Waals surface area (Å²) in [6.45, 7) is 2.00. The molecule has 0 amide bonds. The molecule has 3 aromatic rings. The van der Waals surface area contributed by atoms with Gasteiger partial charge in [-0.2, -0.15) is 0 Å². The number of nitrogens with zero attached hydrogens (tertiary/aromatic N) is 1. The lowest BCUT2D eigenvalue weighted by Crippen LogP contribution is -2.10. The Morgan fingerprint density at radius 1 is 1.05 bits per heavy atom. The molecule has 3 rings (SSSR count). The molecule has 1 heterocycles. The van der Waals surface area contributed by atoms with Gasteiger partial charge < -0.3 is 4.74 Å². The zero-order valence-corrected chi connectivity index (χ0v) is 12.7. The summed E-state index contributed by atoms with van der Waals surface area (Å²) in [5.74, 6) is -0.339. The van der Waals surface area contributed by atoms with Crippen LogP contribution in [-0.2, 0) is 11.2 Å². The molecular formula is C19H17NO2. The second-order valence-electron chi connectivity index (χ2n) is 5.04. The third kappa shape index (κ3) is 2.35. The zero-order chi connectivity index (χ0) is 15.5. The first-order chi connectivity index (χ1) is 10.8. The predicted molar refractivity (Wildman–Crippen MR) is 87.9 cm³/mol. The van der Waals surface area contributed by atoms with Crippen molar-refractivity contribution in [2.75, 3.05) is 7.11 Å². The molecule has 0 aliphatic rings. The summed E-state index contributed by atoms with van der Waals surface area (Å²) in [6, 6.07) is 17.8. The van der Waals surface area contributed by atoms with Crippen LogP contribution in [0.25, 0.3) is 22.0 Å². The van der Waals surface area contributed by atoms with E-state index in [2.05, 4.69) is 4.98 Å². The van der Waals surface area contributed by atoms with Crippen LogP contribution in [0.2, 0.25) is 0 Å². The van der Waals surface area contributed by atoms with E-state index in [4.69, 9.17) is 4.74 Å². The molecule has 2 aromatic carbocycles. The fourth-order valence-electron chi connectivity index (χ4n) is 2.75. The minimum absolute atomic E-state index is 0.339. The highest BCUT2D eigenvalue weighted by Gasteiger charge is 2.21. The van der Waals surface area contributed by atoms with Gasteiger partial charge in [-0.15, -0.1) is 0 Å². The number of hydrogen-bond acceptors (Lipinski definition) is 3. The minimum Gasteiger partial charge on any atom is -0.465 e. The van der Waals surface area contributed by atoms with Crippen molar-refractivity contribution in [3.63, 3.8) is 0 Å². The Balaban J connectivity index is 2.46. The van der Waals surface area contributed by atoms with E-state index >= 15 is 0 Å². The molecule has 0 saturated heterocycles. The smallest absolute Gasteiger partial charge is 0.340 e. The first-order valence-corrected chi connectivity index (χ1v) is 7.31. The Kier molecular flexibility index (Phi) is 3.88. The highest BCUT2D eigenvalue weighted by Crippen LogP contribution is 2.33. The van der Waals surface area contributed by atoms with Crippen molar-refractivity contribution >= 4 is 16.9 Å². The van der Waals surface area contributed by atoms with Crippen LogP contribution in [0.1, 0.15) is 23.0 Å². The first-order valence-electron chi connectivity index (χ1n) is 7.31. The lowest BCUT2D eigenvalue weighted by Gasteiger charge is -2.15. The molecule has 0 radical (unpaired) electrons. The van der Waals surface area contributed by atoms with Gasteiger partial charge in [0.05, 0.1) is 23.9 Å². The molecule has 0 atom stereocenters. The third-order valence-electron chi connectivity index (χ3n) is 3.75. The summed E-state index contributed by atoms with van der Waals surface area (Å²) >= 11 is 0. The quantitative estimate of drug-likeness (QED) is 0.677. The number of carbonyl (C=O) groups is 1. The van der Waals surface area contributed by atoms with Gasteiger partial charge in [0.1, 0.15) is 0 Å². The summed E-state index contributed by atoms with van der Waals surface area (Å²) in [5.41, 5.74) is 4.12. The number of ether oxygens (including phenoxy) is 1. The van der Waals surface area contributed by atoms with E-state index < -0.39 is 0 Å². The minimum atomic E-state index is -0.339. The Morgan fingerprint density at radius 3 is 2.41 bits per heavy atom. The van der Waals surface area contributed by atoms with Gasteiger partial charge in [-0.25, -0.2) is 4.79 Å². The lowest BCUT2D eigenvalue weighted by atomic mass is 9.93. The Morgan fingerprint density at radius 2 is 1.73 bits per heavy atom. The predicted octanol–water partition coefficient (Wildman–Crippen LogP) is 4.25. The van der Waals surface area contributed by atoms with E-state index in [1.54, 1.807) is 0 Å². The molecule has 110 valence electrons. The molecule has 0 aliphatic heterocycles. The highest BCUT2D eigenvalue weighted by atomic mass is 16.5. The van der Waals surface area contributed by atoms with Crippen molar-refractivity contribution in [1.29, 1.82) is 0 Å². The summed E-state index contributed by atoms with van der Waals surface area (Å²) in [7, 11) is 1.41. The van der Waals surface area contributed by atoms with Crippen LogP contribution in [-0.4, -0.2) is 18.1 Å². The molecule has 0 N–H and O–H groups in total. The van der Waals surface area contributed by atoms with Gasteiger partial charge in [0, 0.05) is 10.9 Å². The van der Waals surface area contributed by atoms with Crippen LogP contribution in [0.5, 0.6) is 0 Å². The fraction of sp³-hybridized carbons (Fsp3) is 0.158. The van der Waals surface area contributed by atoms with Crippen molar-refractivity contribution in [3.8, 4) is 11.1 Å². The maximum Gasteiger partial charge on any atom is 0.340 e. The molecule has 0 bridgehead atoms. The molecule has 3 nitrogen and oxygen atoms in total. The van der Waals surface area contributed by atoms with E-state index in [-0.39, 0.29) is 5.97 Å². The normalized spacial score (nSPS) is 10.6. The number of para-hydroxylation sites is 1. The Hall–Kier alpha value is -2.68. The average molecular weight is 291 g/mol. The molecule has 22 heavy (non-hydrogen) atoms. The van der Waals surface area contributed by atoms with Crippen LogP contribution in [0.15, 0.2) is 54.6 Å². The number of rotatable bonds is 3. The van der Waals surface area contributed by atoms with E-state index in [1.165, 1.54) is 7.11 Å². The van der Waals surface area contributed by atoms with Crippen molar-refractivity contribution in [1.82, 2.24) is 4.98 Å². The van der Waals surface area contributed by atoms with Gasteiger partial charge in [-0.3, -0.25) is 4.98 Å². The van der Waals surface area contributed by atoms with Crippen LogP contribution >= 0.6 is 0 Å². The fourth-order valence-corrected chi connectivity index (χ4v) is 2.75. The third-order valence-corrected chi connectivity index (χ3v) is 3.75. The van der Waals surface area contributed by atoms with E-state index in [0.29, 0.717) is 12.0 Å². The second-order valence-corrected chi connectivity index (χ2v) is 5.04. The summed E-state index contributed by atoms with van der Waals surface area (Å²) in [4.78, 5) is 17.0. The standard InChI is InChI=1S/C19H17NO2/c1-3-15-18(19(21)22-2)17(13-9-5-4-6-10-13)14-11-7-8-12-16(14)20-15/h4-12H,3H2,1-2H3. The monoisotopic (exact) mass is 291 g/mol. The number of benzene rings is 2. The number of hydrogen-bond donors (Lipinski definition) is 0. The topological polar surface area (TPSA) is 39.2 Å². The molecular weight excluding hydrogens is 274 g/mol. The van der Waals surface area contributed by atoms with Gasteiger partial charge in [0.2, 0.25) is 0 Å². The Labute approximate surface area is 129 Å².